The van der Waals surface area contributed by atoms with E-state index in [1.807, 2.05) is 6.92 Å². The fourth-order valence-electron chi connectivity index (χ4n) is 2.32. The van der Waals surface area contributed by atoms with Crippen molar-refractivity contribution in [3.8, 4) is 11.1 Å². The van der Waals surface area contributed by atoms with E-state index in [9.17, 15) is 4.79 Å². The fraction of sp³-hybridized carbons (Fsp3) is 0.211. The summed E-state index contributed by atoms with van der Waals surface area (Å²) in [5, 5.41) is 8.73. The van der Waals surface area contributed by atoms with E-state index in [0.29, 0.717) is 6.42 Å². The quantitative estimate of drug-likeness (QED) is 0.835. The van der Waals surface area contributed by atoms with Crippen LogP contribution in [0, 0.1) is 13.8 Å². The van der Waals surface area contributed by atoms with Gasteiger partial charge in [0.1, 0.15) is 0 Å². The minimum absolute atomic E-state index is 0.666. The van der Waals surface area contributed by atoms with E-state index in [1.54, 1.807) is 0 Å². The molecule has 0 aliphatic carbocycles. The number of aryl methyl sites for hydroxylation is 2. The SMILES string of the molecule is C/C(=C\C(=O)O)Cc1ccc(-c2ccc(C)c(C)c2)cc1. The van der Waals surface area contributed by atoms with Crippen molar-refractivity contribution in [2.45, 2.75) is 27.2 Å². The Morgan fingerprint density at radius 1 is 1.00 bits per heavy atom. The lowest BCUT2D eigenvalue weighted by molar-refractivity contribution is -0.131. The molecule has 2 nitrogen and oxygen atoms in total. The van der Waals surface area contributed by atoms with E-state index in [4.69, 9.17) is 5.11 Å². The molecule has 0 radical (unpaired) electrons. The lowest BCUT2D eigenvalue weighted by Gasteiger charge is -2.07. The highest BCUT2D eigenvalue weighted by Crippen LogP contribution is 2.23. The van der Waals surface area contributed by atoms with Gasteiger partial charge in [-0.1, -0.05) is 48.0 Å². The standard InChI is InChI=1S/C19H20O2/c1-13(11-19(20)21)10-16-5-8-17(9-6-16)18-7-4-14(2)15(3)12-18/h4-9,11-12H,10H2,1-3H3,(H,20,21)/b13-11+. The number of rotatable bonds is 4. The molecule has 108 valence electrons. The minimum Gasteiger partial charge on any atom is -0.478 e. The Morgan fingerprint density at radius 2 is 1.62 bits per heavy atom. The zero-order valence-electron chi connectivity index (χ0n) is 12.7. The van der Waals surface area contributed by atoms with Crippen molar-refractivity contribution in [1.29, 1.82) is 0 Å². The third-order valence-corrected chi connectivity index (χ3v) is 3.65. The molecule has 0 atom stereocenters. The van der Waals surface area contributed by atoms with Gasteiger partial charge < -0.3 is 5.11 Å². The van der Waals surface area contributed by atoms with Crippen molar-refractivity contribution in [3.05, 3.63) is 70.8 Å². The van der Waals surface area contributed by atoms with Crippen LogP contribution in [-0.4, -0.2) is 11.1 Å². The predicted octanol–water partition coefficient (Wildman–Crippen LogP) is 4.54. The second kappa shape index (κ2) is 6.40. The number of allylic oxidation sites excluding steroid dienone is 1. The lowest BCUT2D eigenvalue weighted by Crippen LogP contribution is -1.93. The van der Waals surface area contributed by atoms with Crippen LogP contribution in [0.2, 0.25) is 0 Å². The van der Waals surface area contributed by atoms with E-state index in [1.165, 1.54) is 28.3 Å². The van der Waals surface area contributed by atoms with Gasteiger partial charge in [-0.3, -0.25) is 0 Å². The molecule has 21 heavy (non-hydrogen) atoms. The van der Waals surface area contributed by atoms with Crippen molar-refractivity contribution >= 4 is 5.97 Å². The van der Waals surface area contributed by atoms with Crippen LogP contribution in [-0.2, 0) is 11.2 Å². The molecule has 0 saturated heterocycles. The molecule has 2 heteroatoms. The highest BCUT2D eigenvalue weighted by atomic mass is 16.4. The summed E-state index contributed by atoms with van der Waals surface area (Å²) in [6, 6.07) is 14.8. The Bertz CT molecular complexity index is 679. The Labute approximate surface area is 125 Å². The Kier molecular flexibility index (Phi) is 4.59. The molecular weight excluding hydrogens is 260 g/mol. The molecule has 0 spiro atoms. The molecule has 0 saturated carbocycles. The second-order valence-corrected chi connectivity index (χ2v) is 5.50. The fourth-order valence-corrected chi connectivity index (χ4v) is 2.32. The largest absolute Gasteiger partial charge is 0.478 e. The third kappa shape index (κ3) is 4.06. The summed E-state index contributed by atoms with van der Waals surface area (Å²) in [4.78, 5) is 10.6. The molecule has 2 aromatic rings. The molecule has 0 fully saturated rings. The van der Waals surface area contributed by atoms with Gasteiger partial charge >= 0.3 is 5.97 Å². The smallest absolute Gasteiger partial charge is 0.328 e. The molecule has 0 heterocycles. The van der Waals surface area contributed by atoms with Crippen molar-refractivity contribution < 1.29 is 9.90 Å². The summed E-state index contributed by atoms with van der Waals surface area (Å²) in [5.74, 6) is -0.890. The van der Waals surface area contributed by atoms with Gasteiger partial charge in [-0.25, -0.2) is 4.79 Å². The number of hydrogen-bond donors (Lipinski definition) is 1. The minimum atomic E-state index is -0.890. The van der Waals surface area contributed by atoms with E-state index in [-0.39, 0.29) is 0 Å². The van der Waals surface area contributed by atoms with E-state index in [2.05, 4.69) is 56.3 Å². The maximum atomic E-state index is 10.6. The van der Waals surface area contributed by atoms with Crippen molar-refractivity contribution in [2.75, 3.05) is 0 Å². The second-order valence-electron chi connectivity index (χ2n) is 5.50. The summed E-state index contributed by atoms with van der Waals surface area (Å²) in [5.41, 5.74) is 6.95. The highest BCUT2D eigenvalue weighted by molar-refractivity contribution is 5.80. The Balaban J connectivity index is 2.19. The van der Waals surface area contributed by atoms with Gasteiger partial charge in [0.05, 0.1) is 0 Å². The molecule has 1 N–H and O–H groups in total. The molecule has 2 aromatic carbocycles. The molecule has 0 unspecified atom stereocenters. The van der Waals surface area contributed by atoms with Crippen molar-refractivity contribution in [1.82, 2.24) is 0 Å². The van der Waals surface area contributed by atoms with Gasteiger partial charge in [0, 0.05) is 6.08 Å². The zero-order chi connectivity index (χ0) is 15.4. The first-order valence-electron chi connectivity index (χ1n) is 7.02. The molecule has 0 aromatic heterocycles. The van der Waals surface area contributed by atoms with Crippen LogP contribution in [0.1, 0.15) is 23.6 Å². The number of carbonyl (C=O) groups is 1. The monoisotopic (exact) mass is 280 g/mol. The number of hydrogen-bond acceptors (Lipinski definition) is 1. The van der Waals surface area contributed by atoms with Crippen molar-refractivity contribution in [3.63, 3.8) is 0 Å². The van der Waals surface area contributed by atoms with Crippen LogP contribution in [0.25, 0.3) is 11.1 Å². The molecule has 0 bridgehead atoms. The predicted molar refractivity (Wildman–Crippen MR) is 86.4 cm³/mol. The molecule has 0 aliphatic heterocycles. The lowest BCUT2D eigenvalue weighted by atomic mass is 9.98. The summed E-state index contributed by atoms with van der Waals surface area (Å²) in [6.07, 6.45) is 1.93. The van der Waals surface area contributed by atoms with E-state index >= 15 is 0 Å². The van der Waals surface area contributed by atoms with Gasteiger partial charge in [-0.15, -0.1) is 0 Å². The zero-order valence-corrected chi connectivity index (χ0v) is 12.7. The first-order valence-corrected chi connectivity index (χ1v) is 7.02. The summed E-state index contributed by atoms with van der Waals surface area (Å²) >= 11 is 0. The average molecular weight is 280 g/mol. The summed E-state index contributed by atoms with van der Waals surface area (Å²) in [6.45, 7) is 6.07. The number of aliphatic carboxylic acids is 1. The van der Waals surface area contributed by atoms with Gasteiger partial charge in [0.15, 0.2) is 0 Å². The maximum Gasteiger partial charge on any atom is 0.328 e. The van der Waals surface area contributed by atoms with Gasteiger partial charge in [-0.2, -0.15) is 0 Å². The normalized spacial score (nSPS) is 11.5. The Hall–Kier alpha value is -2.35. The van der Waals surface area contributed by atoms with Gasteiger partial charge in [0.2, 0.25) is 0 Å². The van der Waals surface area contributed by atoms with Crippen LogP contribution in [0.15, 0.2) is 54.1 Å². The van der Waals surface area contributed by atoms with E-state index in [0.717, 1.165) is 11.1 Å². The average Bonchev–Trinajstić information content (AvgIpc) is 2.42. The topological polar surface area (TPSA) is 37.3 Å². The first-order chi connectivity index (χ1) is 9.95. The van der Waals surface area contributed by atoms with Gasteiger partial charge in [0.25, 0.3) is 0 Å². The highest BCUT2D eigenvalue weighted by Gasteiger charge is 2.02. The first kappa shape index (κ1) is 15.0. The number of carboxylic acids is 1. The Morgan fingerprint density at radius 3 is 2.19 bits per heavy atom. The van der Waals surface area contributed by atoms with Crippen LogP contribution >= 0.6 is 0 Å². The van der Waals surface area contributed by atoms with Crippen LogP contribution in [0.5, 0.6) is 0 Å². The number of carboxylic acid groups (broad SMARTS) is 1. The van der Waals surface area contributed by atoms with E-state index < -0.39 is 5.97 Å². The molecule has 0 aliphatic rings. The number of benzene rings is 2. The summed E-state index contributed by atoms with van der Waals surface area (Å²) < 4.78 is 0. The van der Waals surface area contributed by atoms with Crippen LogP contribution in [0.3, 0.4) is 0 Å². The van der Waals surface area contributed by atoms with Gasteiger partial charge in [-0.05, 0) is 55.0 Å². The molecule has 0 amide bonds. The third-order valence-electron chi connectivity index (χ3n) is 3.65. The molecule has 2 rings (SSSR count). The van der Waals surface area contributed by atoms with Crippen LogP contribution in [0.4, 0.5) is 0 Å². The van der Waals surface area contributed by atoms with Crippen molar-refractivity contribution in [2.24, 2.45) is 0 Å². The summed E-state index contributed by atoms with van der Waals surface area (Å²) in [7, 11) is 0. The van der Waals surface area contributed by atoms with Crippen LogP contribution < -0.4 is 0 Å². The molecular formula is C19H20O2. The maximum absolute atomic E-state index is 10.6.